The number of carbonyl (C=O) groups excluding carboxylic acids is 1. The molecule has 1 unspecified atom stereocenters. The smallest absolute Gasteiger partial charge is 0.302 e. The van der Waals surface area contributed by atoms with Gasteiger partial charge in [-0.15, -0.1) is 0 Å². The third-order valence-corrected chi connectivity index (χ3v) is 6.27. The van der Waals surface area contributed by atoms with Gasteiger partial charge in [-0.05, 0) is 78.3 Å². The van der Waals surface area contributed by atoms with E-state index in [0.29, 0.717) is 11.6 Å². The number of thioether (sulfide) groups is 1. The molecule has 0 saturated carbocycles. The lowest BCUT2D eigenvalue weighted by Crippen LogP contribution is -2.25. The molecule has 6 heteroatoms. The monoisotopic (exact) mass is 423 g/mol. The number of ether oxygens (including phenoxy) is 1. The predicted octanol–water partition coefficient (Wildman–Crippen LogP) is 5.14. The topological polar surface area (TPSA) is 74.2 Å². The number of anilines is 2. The van der Waals surface area contributed by atoms with Crippen LogP contribution in [-0.4, -0.2) is 30.1 Å². The zero-order chi connectivity index (χ0) is 21.3. The van der Waals surface area contributed by atoms with Gasteiger partial charge in [0, 0.05) is 24.3 Å². The van der Waals surface area contributed by atoms with E-state index in [-0.39, 0.29) is 18.6 Å². The number of aryl methyl sites for hydroxylation is 1. The van der Waals surface area contributed by atoms with Crippen LogP contribution in [0.15, 0.2) is 42.5 Å². The van der Waals surface area contributed by atoms with Gasteiger partial charge in [0.1, 0.15) is 6.61 Å². The molecular formula is C24H29N3O2S. The van der Waals surface area contributed by atoms with Crippen LogP contribution in [0.25, 0.3) is 0 Å². The summed E-state index contributed by atoms with van der Waals surface area (Å²) in [6, 6.07) is 16.3. The number of carbonyl (C=O) groups is 1. The van der Waals surface area contributed by atoms with Gasteiger partial charge in [-0.2, -0.15) is 17.0 Å². The third-order valence-electron chi connectivity index (χ3n) is 5.23. The molecule has 5 nitrogen and oxygen atoms in total. The molecule has 1 aliphatic rings. The van der Waals surface area contributed by atoms with Crippen molar-refractivity contribution in [3.05, 3.63) is 59.2 Å². The fraction of sp³-hybridized carbons (Fsp3) is 0.417. The van der Waals surface area contributed by atoms with Crippen molar-refractivity contribution in [3.8, 4) is 6.07 Å². The average molecular weight is 424 g/mol. The lowest BCUT2D eigenvalue weighted by Gasteiger charge is -2.26. The number of esters is 1. The molecule has 0 amide bonds. The van der Waals surface area contributed by atoms with Gasteiger partial charge in [0.25, 0.3) is 0 Å². The van der Waals surface area contributed by atoms with E-state index >= 15 is 0 Å². The third kappa shape index (κ3) is 6.43. The molecule has 2 aromatic carbocycles. The summed E-state index contributed by atoms with van der Waals surface area (Å²) in [5.74, 6) is 2.10. The zero-order valence-corrected chi connectivity index (χ0v) is 18.4. The van der Waals surface area contributed by atoms with Gasteiger partial charge in [-0.25, -0.2) is 0 Å². The zero-order valence-electron chi connectivity index (χ0n) is 17.6. The van der Waals surface area contributed by atoms with Gasteiger partial charge < -0.3 is 15.4 Å². The molecule has 0 aliphatic carbocycles. The Hall–Kier alpha value is -2.65. The van der Waals surface area contributed by atoms with Crippen molar-refractivity contribution in [2.45, 2.75) is 45.2 Å². The Morgan fingerprint density at radius 1 is 1.20 bits per heavy atom. The van der Waals surface area contributed by atoms with Gasteiger partial charge in [-0.1, -0.05) is 13.0 Å². The van der Waals surface area contributed by atoms with E-state index in [4.69, 9.17) is 10.00 Å². The summed E-state index contributed by atoms with van der Waals surface area (Å²) in [4.78, 5) is 11.5. The van der Waals surface area contributed by atoms with Crippen LogP contribution in [0.2, 0.25) is 0 Å². The van der Waals surface area contributed by atoms with E-state index in [0.717, 1.165) is 23.4 Å². The lowest BCUT2D eigenvalue weighted by molar-refractivity contribution is -0.141. The van der Waals surface area contributed by atoms with Crippen molar-refractivity contribution in [3.63, 3.8) is 0 Å². The van der Waals surface area contributed by atoms with Gasteiger partial charge in [0.05, 0.1) is 17.7 Å². The molecule has 0 bridgehead atoms. The molecule has 2 aromatic rings. The van der Waals surface area contributed by atoms with Gasteiger partial charge in [-0.3, -0.25) is 4.79 Å². The minimum absolute atomic E-state index is 0.184. The Balaban J connectivity index is 1.84. The normalized spacial score (nSPS) is 15.1. The standard InChI is InChI=1S/C24H29N3O2S/c1-3-18-12-20(14-23(13-18)26-22-8-10-30-11-9-22)24(16-29-17(2)28)27-21-6-4-19(15-25)5-7-21/h4-7,12-14,22,24,26-27H,3,8-11,16H2,1-2H3. The Morgan fingerprint density at radius 2 is 1.93 bits per heavy atom. The van der Waals surface area contributed by atoms with Crippen molar-refractivity contribution in [1.82, 2.24) is 0 Å². The van der Waals surface area contributed by atoms with Crippen molar-refractivity contribution in [2.24, 2.45) is 0 Å². The molecule has 158 valence electrons. The summed E-state index contributed by atoms with van der Waals surface area (Å²) in [5, 5.41) is 16.2. The first kappa shape index (κ1) is 22.0. The molecular weight excluding hydrogens is 394 g/mol. The highest BCUT2D eigenvalue weighted by Gasteiger charge is 2.18. The summed E-state index contributed by atoms with van der Waals surface area (Å²) >= 11 is 2.02. The van der Waals surface area contributed by atoms with Crippen molar-refractivity contribution >= 4 is 29.1 Å². The highest BCUT2D eigenvalue weighted by Crippen LogP contribution is 2.27. The molecule has 1 saturated heterocycles. The van der Waals surface area contributed by atoms with E-state index in [1.165, 1.54) is 36.8 Å². The molecule has 0 radical (unpaired) electrons. The second-order valence-corrected chi connectivity index (χ2v) is 8.76. The van der Waals surface area contributed by atoms with E-state index in [1.54, 1.807) is 12.1 Å². The van der Waals surface area contributed by atoms with E-state index < -0.39 is 0 Å². The van der Waals surface area contributed by atoms with E-state index in [1.807, 2.05) is 23.9 Å². The number of nitrogens with zero attached hydrogens (tertiary/aromatic N) is 1. The van der Waals surface area contributed by atoms with Crippen LogP contribution in [0.4, 0.5) is 11.4 Å². The van der Waals surface area contributed by atoms with Gasteiger partial charge in [0.2, 0.25) is 0 Å². The molecule has 3 rings (SSSR count). The molecule has 1 atom stereocenters. The van der Waals surface area contributed by atoms with Crippen LogP contribution in [0, 0.1) is 11.3 Å². The molecule has 2 N–H and O–H groups in total. The number of rotatable bonds is 8. The number of benzene rings is 2. The summed E-state index contributed by atoms with van der Waals surface area (Å²) < 4.78 is 5.36. The van der Waals surface area contributed by atoms with Gasteiger partial charge >= 0.3 is 5.97 Å². The van der Waals surface area contributed by atoms with Crippen molar-refractivity contribution < 1.29 is 9.53 Å². The number of hydrogen-bond acceptors (Lipinski definition) is 6. The van der Waals surface area contributed by atoms with E-state index in [2.05, 4.69) is 41.8 Å². The Kier molecular flexibility index (Phi) is 8.04. The first-order valence-corrected chi connectivity index (χ1v) is 11.6. The lowest BCUT2D eigenvalue weighted by atomic mass is 10.0. The van der Waals surface area contributed by atoms with Gasteiger partial charge in [0.15, 0.2) is 0 Å². The quantitative estimate of drug-likeness (QED) is 0.573. The second kappa shape index (κ2) is 10.9. The summed E-state index contributed by atoms with van der Waals surface area (Å²) in [6.07, 6.45) is 3.29. The van der Waals surface area contributed by atoms with Crippen LogP contribution < -0.4 is 10.6 Å². The van der Waals surface area contributed by atoms with Crippen molar-refractivity contribution in [2.75, 3.05) is 28.7 Å². The number of hydrogen-bond donors (Lipinski definition) is 2. The second-order valence-electron chi connectivity index (χ2n) is 7.54. The minimum atomic E-state index is -0.300. The average Bonchev–Trinajstić information content (AvgIpc) is 2.77. The summed E-state index contributed by atoms with van der Waals surface area (Å²) in [7, 11) is 0. The molecule has 1 heterocycles. The fourth-order valence-corrected chi connectivity index (χ4v) is 4.66. The molecule has 0 aromatic heterocycles. The Bertz CT molecular complexity index is 886. The summed E-state index contributed by atoms with van der Waals surface area (Å²) in [5.41, 5.74) is 4.94. The first-order valence-electron chi connectivity index (χ1n) is 10.5. The molecule has 30 heavy (non-hydrogen) atoms. The van der Waals surface area contributed by atoms with Crippen LogP contribution in [-0.2, 0) is 16.0 Å². The molecule has 1 fully saturated rings. The maximum Gasteiger partial charge on any atom is 0.302 e. The molecule has 1 aliphatic heterocycles. The maximum atomic E-state index is 11.5. The Labute approximate surface area is 183 Å². The summed E-state index contributed by atoms with van der Waals surface area (Å²) in [6.45, 7) is 3.81. The van der Waals surface area contributed by atoms with Crippen LogP contribution in [0.3, 0.4) is 0 Å². The SMILES string of the molecule is CCc1cc(NC2CCSCC2)cc(C(COC(C)=O)Nc2ccc(C#N)cc2)c1. The van der Waals surface area contributed by atoms with Crippen LogP contribution >= 0.6 is 11.8 Å². The maximum absolute atomic E-state index is 11.5. The van der Waals surface area contributed by atoms with Crippen LogP contribution in [0.5, 0.6) is 0 Å². The van der Waals surface area contributed by atoms with Crippen LogP contribution in [0.1, 0.15) is 49.4 Å². The number of nitrogens with one attached hydrogen (secondary N) is 2. The highest BCUT2D eigenvalue weighted by atomic mass is 32.2. The Morgan fingerprint density at radius 3 is 2.57 bits per heavy atom. The highest BCUT2D eigenvalue weighted by molar-refractivity contribution is 7.99. The first-order chi connectivity index (χ1) is 14.6. The predicted molar refractivity (Wildman–Crippen MR) is 124 cm³/mol. The van der Waals surface area contributed by atoms with Crippen molar-refractivity contribution in [1.29, 1.82) is 5.26 Å². The largest absolute Gasteiger partial charge is 0.463 e. The van der Waals surface area contributed by atoms with E-state index in [9.17, 15) is 4.79 Å². The minimum Gasteiger partial charge on any atom is -0.463 e. The fourth-order valence-electron chi connectivity index (χ4n) is 3.55. The number of nitriles is 1. The molecule has 0 spiro atoms.